The monoisotopic (exact) mass is 552 g/mol. The van der Waals surface area contributed by atoms with E-state index in [2.05, 4.69) is 16.1 Å². The molecule has 1 aliphatic carbocycles. The SMILES string of the molecule is CC(C)(C)NS(=O)(=O)c1cc(NC(=O)N2CCc3ccccc3C2)ccc1-c1cnc(C2CCCCC2)s1. The Morgan fingerprint density at radius 1 is 1.05 bits per heavy atom. The third-order valence-corrected chi connectivity index (χ3v) is 10.1. The molecule has 2 N–H and O–H groups in total. The number of benzene rings is 2. The van der Waals surface area contributed by atoms with Crippen LogP contribution in [0.3, 0.4) is 0 Å². The first-order valence-electron chi connectivity index (χ1n) is 13.4. The molecule has 0 radical (unpaired) electrons. The van der Waals surface area contributed by atoms with Gasteiger partial charge in [-0.25, -0.2) is 22.9 Å². The highest BCUT2D eigenvalue weighted by molar-refractivity contribution is 7.89. The van der Waals surface area contributed by atoms with Gasteiger partial charge in [0.2, 0.25) is 10.0 Å². The maximum Gasteiger partial charge on any atom is 0.322 e. The lowest BCUT2D eigenvalue weighted by Crippen LogP contribution is -2.40. The number of rotatable bonds is 5. The standard InChI is InChI=1S/C29H36N4O3S2/c1-29(2,3)32-38(35,36)26-17-23(31-28(34)33-16-15-20-9-7-8-12-22(20)19-33)13-14-24(26)25-18-30-27(37-25)21-10-5-4-6-11-21/h7-9,12-14,17-18,21,32H,4-6,10-11,15-16,19H2,1-3H3,(H,31,34). The van der Waals surface area contributed by atoms with Gasteiger partial charge in [0.15, 0.2) is 0 Å². The fourth-order valence-electron chi connectivity index (χ4n) is 5.31. The summed E-state index contributed by atoms with van der Waals surface area (Å²) in [6, 6.07) is 13.0. The number of hydrogen-bond acceptors (Lipinski definition) is 5. The Bertz CT molecular complexity index is 1420. The van der Waals surface area contributed by atoms with Crippen molar-refractivity contribution in [3.05, 3.63) is 64.8 Å². The van der Waals surface area contributed by atoms with Crippen LogP contribution in [0.5, 0.6) is 0 Å². The first-order chi connectivity index (χ1) is 18.1. The lowest BCUT2D eigenvalue weighted by Gasteiger charge is -2.29. The normalized spacial score (nSPS) is 16.8. The highest BCUT2D eigenvalue weighted by Crippen LogP contribution is 2.40. The average molecular weight is 553 g/mol. The maximum atomic E-state index is 13.6. The zero-order valence-electron chi connectivity index (χ0n) is 22.3. The summed E-state index contributed by atoms with van der Waals surface area (Å²) in [7, 11) is -3.87. The van der Waals surface area contributed by atoms with Crippen LogP contribution in [-0.4, -0.2) is 36.4 Å². The van der Waals surface area contributed by atoms with E-state index in [-0.39, 0.29) is 10.9 Å². The molecule has 9 heteroatoms. The molecule has 38 heavy (non-hydrogen) atoms. The molecule has 202 valence electrons. The zero-order chi connectivity index (χ0) is 26.9. The summed E-state index contributed by atoms with van der Waals surface area (Å²) in [5.74, 6) is 0.448. The van der Waals surface area contributed by atoms with Gasteiger partial charge in [0, 0.05) is 42.0 Å². The molecule has 7 nitrogen and oxygen atoms in total. The number of aromatic nitrogens is 1. The zero-order valence-corrected chi connectivity index (χ0v) is 23.9. The average Bonchev–Trinajstić information content (AvgIpc) is 3.38. The van der Waals surface area contributed by atoms with E-state index >= 15 is 0 Å². The molecular formula is C29H36N4O3S2. The number of thiazole rings is 1. The molecule has 0 bridgehead atoms. The molecule has 1 aliphatic heterocycles. The minimum atomic E-state index is -3.87. The van der Waals surface area contributed by atoms with E-state index in [9.17, 15) is 13.2 Å². The summed E-state index contributed by atoms with van der Waals surface area (Å²) in [5, 5.41) is 4.01. The first-order valence-corrected chi connectivity index (χ1v) is 15.7. The van der Waals surface area contributed by atoms with Crippen molar-refractivity contribution in [2.24, 2.45) is 0 Å². The summed E-state index contributed by atoms with van der Waals surface area (Å²) in [6.45, 7) is 6.60. The Kier molecular flexibility index (Phi) is 7.62. The van der Waals surface area contributed by atoms with E-state index in [1.54, 1.807) is 40.6 Å². The van der Waals surface area contributed by atoms with E-state index < -0.39 is 15.6 Å². The van der Waals surface area contributed by atoms with E-state index in [4.69, 9.17) is 4.98 Å². The number of urea groups is 1. The second kappa shape index (κ2) is 10.8. The van der Waals surface area contributed by atoms with Crippen LogP contribution >= 0.6 is 11.3 Å². The minimum Gasteiger partial charge on any atom is -0.320 e. The summed E-state index contributed by atoms with van der Waals surface area (Å²) in [6.07, 6.45) is 8.56. The van der Waals surface area contributed by atoms with Gasteiger partial charge in [-0.1, -0.05) is 49.6 Å². The van der Waals surface area contributed by atoms with Crippen molar-refractivity contribution in [1.29, 1.82) is 0 Å². The van der Waals surface area contributed by atoms with Crippen LogP contribution in [0, 0.1) is 0 Å². The number of nitrogens with one attached hydrogen (secondary N) is 2. The van der Waals surface area contributed by atoms with Gasteiger partial charge in [-0.15, -0.1) is 11.3 Å². The molecule has 2 amide bonds. The number of sulfonamides is 1. The first kappa shape index (κ1) is 26.8. The third kappa shape index (κ3) is 6.11. The smallest absolute Gasteiger partial charge is 0.320 e. The van der Waals surface area contributed by atoms with E-state index in [1.807, 2.05) is 39.0 Å². The van der Waals surface area contributed by atoms with Crippen LogP contribution in [0.1, 0.15) is 74.9 Å². The van der Waals surface area contributed by atoms with Crippen molar-refractivity contribution in [1.82, 2.24) is 14.6 Å². The fraction of sp³-hybridized carbons (Fsp3) is 0.448. The summed E-state index contributed by atoms with van der Waals surface area (Å²) in [5.41, 5.74) is 2.80. The molecule has 1 aromatic heterocycles. The van der Waals surface area contributed by atoms with Crippen LogP contribution in [0.15, 0.2) is 53.6 Å². The van der Waals surface area contributed by atoms with Gasteiger partial charge in [0.05, 0.1) is 14.8 Å². The van der Waals surface area contributed by atoms with Gasteiger partial charge in [-0.05, 0) is 63.3 Å². The molecule has 5 rings (SSSR count). The second-order valence-corrected chi connectivity index (χ2v) is 14.0. The number of fused-ring (bicyclic) bond motifs is 1. The maximum absolute atomic E-state index is 13.6. The predicted molar refractivity (Wildman–Crippen MR) is 153 cm³/mol. The number of anilines is 1. The topological polar surface area (TPSA) is 91.4 Å². The number of amides is 2. The van der Waals surface area contributed by atoms with Crippen molar-refractivity contribution in [2.75, 3.05) is 11.9 Å². The van der Waals surface area contributed by atoms with Crippen LogP contribution in [0.4, 0.5) is 10.5 Å². The number of carbonyl (C=O) groups is 1. The van der Waals surface area contributed by atoms with Gasteiger partial charge in [-0.2, -0.15) is 0 Å². The summed E-state index contributed by atoms with van der Waals surface area (Å²) < 4.78 is 29.9. The summed E-state index contributed by atoms with van der Waals surface area (Å²) >= 11 is 1.58. The van der Waals surface area contributed by atoms with Crippen molar-refractivity contribution in [3.8, 4) is 10.4 Å². The lowest BCUT2D eigenvalue weighted by atomic mass is 9.90. The molecule has 2 heterocycles. The van der Waals surface area contributed by atoms with Gasteiger partial charge < -0.3 is 10.2 Å². The molecule has 3 aromatic rings. The lowest BCUT2D eigenvalue weighted by molar-refractivity contribution is 0.206. The largest absolute Gasteiger partial charge is 0.322 e. The van der Waals surface area contributed by atoms with Crippen molar-refractivity contribution < 1.29 is 13.2 Å². The Labute approximate surface area is 229 Å². The van der Waals surface area contributed by atoms with Crippen molar-refractivity contribution in [3.63, 3.8) is 0 Å². The van der Waals surface area contributed by atoms with E-state index in [0.29, 0.717) is 30.3 Å². The molecule has 2 aromatic carbocycles. The Morgan fingerprint density at radius 2 is 1.79 bits per heavy atom. The quantitative estimate of drug-likeness (QED) is 0.377. The van der Waals surface area contributed by atoms with E-state index in [0.717, 1.165) is 34.7 Å². The Balaban J connectivity index is 1.43. The molecule has 1 saturated carbocycles. The van der Waals surface area contributed by atoms with Crippen LogP contribution < -0.4 is 10.0 Å². The van der Waals surface area contributed by atoms with Gasteiger partial charge in [-0.3, -0.25) is 0 Å². The third-order valence-electron chi connectivity index (χ3n) is 7.12. The molecule has 1 fully saturated rings. The highest BCUT2D eigenvalue weighted by Gasteiger charge is 2.28. The van der Waals surface area contributed by atoms with Crippen LogP contribution in [-0.2, 0) is 23.0 Å². The number of carbonyl (C=O) groups excluding carboxylic acids is 1. The fourth-order valence-corrected chi connectivity index (χ4v) is 8.16. The number of hydrogen-bond donors (Lipinski definition) is 2. The van der Waals surface area contributed by atoms with Gasteiger partial charge >= 0.3 is 6.03 Å². The van der Waals surface area contributed by atoms with Crippen molar-refractivity contribution in [2.45, 2.75) is 82.2 Å². The summed E-state index contributed by atoms with van der Waals surface area (Å²) in [4.78, 5) is 20.6. The van der Waals surface area contributed by atoms with Gasteiger partial charge in [0.1, 0.15) is 0 Å². The molecule has 0 spiro atoms. The Hall–Kier alpha value is -2.75. The molecule has 2 aliphatic rings. The van der Waals surface area contributed by atoms with E-state index in [1.165, 1.54) is 24.8 Å². The molecule has 0 unspecified atom stereocenters. The molecule has 0 saturated heterocycles. The predicted octanol–water partition coefficient (Wildman–Crippen LogP) is 6.52. The molecule has 0 atom stereocenters. The minimum absolute atomic E-state index is 0.146. The van der Waals surface area contributed by atoms with Crippen molar-refractivity contribution >= 4 is 33.1 Å². The Morgan fingerprint density at radius 3 is 2.53 bits per heavy atom. The second-order valence-electron chi connectivity index (χ2n) is 11.3. The molecular weight excluding hydrogens is 516 g/mol. The van der Waals surface area contributed by atoms with Gasteiger partial charge in [0.25, 0.3) is 0 Å². The number of nitrogens with zero attached hydrogens (tertiary/aromatic N) is 2. The highest BCUT2D eigenvalue weighted by atomic mass is 32.2. The van der Waals surface area contributed by atoms with Crippen LogP contribution in [0.2, 0.25) is 0 Å². The van der Waals surface area contributed by atoms with Crippen LogP contribution in [0.25, 0.3) is 10.4 Å².